The zero-order valence-corrected chi connectivity index (χ0v) is 12.7. The van der Waals surface area contributed by atoms with Gasteiger partial charge in [-0.1, -0.05) is 28.0 Å². The molecule has 6 heteroatoms. The van der Waals surface area contributed by atoms with Gasteiger partial charge >= 0.3 is 0 Å². The van der Waals surface area contributed by atoms with Crippen molar-refractivity contribution in [3.05, 3.63) is 18.7 Å². The Hall–Kier alpha value is -0.620. The van der Waals surface area contributed by atoms with Crippen LogP contribution in [-0.4, -0.2) is 33.0 Å². The summed E-state index contributed by atoms with van der Waals surface area (Å²) in [5.74, 6) is 1.47. The first kappa shape index (κ1) is 14.8. The lowest BCUT2D eigenvalue weighted by molar-refractivity contribution is -0.121. The Morgan fingerprint density at radius 2 is 2.47 bits per heavy atom. The van der Waals surface area contributed by atoms with Gasteiger partial charge in [-0.05, 0) is 19.3 Å². The van der Waals surface area contributed by atoms with Crippen LogP contribution in [0.4, 0.5) is 0 Å². The normalized spacial score (nSPS) is 18.6. The van der Waals surface area contributed by atoms with E-state index in [4.69, 9.17) is 0 Å². The van der Waals surface area contributed by atoms with Crippen LogP contribution in [0.5, 0.6) is 0 Å². The topological polar surface area (TPSA) is 46.9 Å². The van der Waals surface area contributed by atoms with Crippen LogP contribution in [-0.2, 0) is 11.3 Å². The highest BCUT2D eigenvalue weighted by atomic mass is 33.1. The summed E-state index contributed by atoms with van der Waals surface area (Å²) in [6.45, 7) is 1.48. The molecule has 1 atom stereocenters. The summed E-state index contributed by atoms with van der Waals surface area (Å²) >= 11 is 0. The van der Waals surface area contributed by atoms with Crippen molar-refractivity contribution in [2.24, 2.45) is 0 Å². The van der Waals surface area contributed by atoms with Crippen molar-refractivity contribution in [3.8, 4) is 0 Å². The predicted molar refractivity (Wildman–Crippen MR) is 84.3 cm³/mol. The highest BCUT2D eigenvalue weighted by Gasteiger charge is 2.15. The van der Waals surface area contributed by atoms with Crippen molar-refractivity contribution in [2.75, 3.05) is 12.3 Å². The lowest BCUT2D eigenvalue weighted by Gasteiger charge is -2.07. The number of nitrogens with one attached hydrogen (secondary N) is 1. The molecule has 0 saturated carbocycles. The van der Waals surface area contributed by atoms with Gasteiger partial charge in [-0.15, -0.1) is 0 Å². The molecule has 4 nitrogen and oxygen atoms in total. The first-order valence-corrected chi connectivity index (χ1v) is 9.23. The molecular weight excluding hydrogens is 278 g/mol. The molecule has 1 saturated heterocycles. The monoisotopic (exact) mass is 301 g/mol. The Morgan fingerprint density at radius 3 is 3.21 bits per heavy atom. The highest BCUT2D eigenvalue weighted by Crippen LogP contribution is 2.39. The molecule has 1 N–H and O–H groups in total. The van der Waals surface area contributed by atoms with E-state index in [0.717, 1.165) is 18.2 Å². The lowest BCUT2D eigenvalue weighted by atomic mass is 10.1. The molecule has 19 heavy (non-hydrogen) atoms. The number of carbonyl (C=O) groups is 1. The van der Waals surface area contributed by atoms with E-state index < -0.39 is 0 Å². The molecule has 108 valence electrons. The van der Waals surface area contributed by atoms with Crippen LogP contribution in [0, 0.1) is 0 Å². The van der Waals surface area contributed by atoms with Crippen LogP contribution in [0.1, 0.15) is 33.5 Å². The standard InChI is InChI=1S/C13H21N3OS2.H2/c17-13(15-7-9-16-8-6-14-11-16)4-2-1-3-12-5-10-18-19-12;/h6,8,11-12H,1-5,7,9-10H2,(H,15,17);1H/t12-;/m1./s1. The molecule has 0 radical (unpaired) electrons. The summed E-state index contributed by atoms with van der Waals surface area (Å²) in [7, 11) is 4.01. The molecule has 1 aromatic heterocycles. The summed E-state index contributed by atoms with van der Waals surface area (Å²) < 4.78 is 1.97. The molecule has 0 spiro atoms. The number of imidazole rings is 1. The maximum Gasteiger partial charge on any atom is 0.220 e. The van der Waals surface area contributed by atoms with Gasteiger partial charge in [-0.25, -0.2) is 4.98 Å². The van der Waals surface area contributed by atoms with Gasteiger partial charge in [0.1, 0.15) is 0 Å². The minimum atomic E-state index is 0. The molecule has 0 unspecified atom stereocenters. The SMILES string of the molecule is O=C(CCCC[C@@H]1CCSS1)NCCn1ccnc1.[HH]. The molecule has 1 fully saturated rings. The van der Waals surface area contributed by atoms with Gasteiger partial charge in [0.25, 0.3) is 0 Å². The van der Waals surface area contributed by atoms with Gasteiger partial charge in [0.05, 0.1) is 6.33 Å². The van der Waals surface area contributed by atoms with Gasteiger partial charge in [0, 0.05) is 44.3 Å². The average Bonchev–Trinajstić information content (AvgIpc) is 3.07. The van der Waals surface area contributed by atoms with Crippen LogP contribution >= 0.6 is 21.6 Å². The third kappa shape index (κ3) is 5.91. The number of nitrogens with zero attached hydrogens (tertiary/aromatic N) is 2. The average molecular weight is 301 g/mol. The van der Waals surface area contributed by atoms with E-state index in [1.165, 1.54) is 25.0 Å². The minimum absolute atomic E-state index is 0. The summed E-state index contributed by atoms with van der Waals surface area (Å²) in [6, 6.07) is 0. The van der Waals surface area contributed by atoms with Gasteiger partial charge in [0.2, 0.25) is 5.91 Å². The van der Waals surface area contributed by atoms with Gasteiger partial charge in [-0.3, -0.25) is 4.79 Å². The Kier molecular flexibility index (Phi) is 6.64. The van der Waals surface area contributed by atoms with E-state index in [9.17, 15) is 4.79 Å². The Labute approximate surface area is 124 Å². The maximum absolute atomic E-state index is 11.6. The molecule has 0 bridgehead atoms. The van der Waals surface area contributed by atoms with Crippen molar-refractivity contribution in [2.45, 2.75) is 43.9 Å². The summed E-state index contributed by atoms with van der Waals surface area (Å²) in [5, 5.41) is 3.78. The number of hydrogen-bond acceptors (Lipinski definition) is 4. The van der Waals surface area contributed by atoms with Gasteiger partial charge < -0.3 is 9.88 Å². The molecule has 1 aromatic rings. The second-order valence-electron chi connectivity index (χ2n) is 4.73. The molecule has 0 aliphatic carbocycles. The first-order chi connectivity index (χ1) is 9.34. The summed E-state index contributed by atoms with van der Waals surface area (Å²) in [4.78, 5) is 15.6. The maximum atomic E-state index is 11.6. The fourth-order valence-corrected chi connectivity index (χ4v) is 5.08. The predicted octanol–water partition coefficient (Wildman–Crippen LogP) is 2.96. The second-order valence-corrected chi connectivity index (χ2v) is 7.51. The number of rotatable bonds is 8. The largest absolute Gasteiger partial charge is 0.354 e. The number of hydrogen-bond donors (Lipinski definition) is 1. The number of amides is 1. The number of aromatic nitrogens is 2. The minimum Gasteiger partial charge on any atom is -0.354 e. The van der Waals surface area contributed by atoms with Crippen molar-refractivity contribution < 1.29 is 6.22 Å². The van der Waals surface area contributed by atoms with E-state index >= 15 is 0 Å². The third-order valence-electron chi connectivity index (χ3n) is 3.16. The van der Waals surface area contributed by atoms with E-state index in [0.29, 0.717) is 13.0 Å². The van der Waals surface area contributed by atoms with E-state index in [1.807, 2.05) is 32.4 Å². The molecule has 2 rings (SSSR count). The Morgan fingerprint density at radius 1 is 1.53 bits per heavy atom. The molecule has 0 aromatic carbocycles. The van der Waals surface area contributed by atoms with Crippen LogP contribution < -0.4 is 5.32 Å². The van der Waals surface area contributed by atoms with E-state index in [1.54, 1.807) is 12.5 Å². The van der Waals surface area contributed by atoms with Gasteiger partial charge in [0.15, 0.2) is 0 Å². The first-order valence-electron chi connectivity index (χ1n) is 6.85. The Balaban J connectivity index is 0.00000200. The van der Waals surface area contributed by atoms with Crippen LogP contribution in [0.15, 0.2) is 18.7 Å². The van der Waals surface area contributed by atoms with Crippen molar-refractivity contribution in [1.82, 2.24) is 14.9 Å². The molecule has 1 aliphatic heterocycles. The smallest absolute Gasteiger partial charge is 0.220 e. The van der Waals surface area contributed by atoms with Crippen LogP contribution in [0.2, 0.25) is 0 Å². The Bertz CT molecular complexity index is 370. The molecule has 1 amide bonds. The zero-order chi connectivity index (χ0) is 13.3. The lowest BCUT2D eigenvalue weighted by Crippen LogP contribution is -2.26. The highest BCUT2D eigenvalue weighted by molar-refractivity contribution is 8.77. The van der Waals surface area contributed by atoms with Crippen molar-refractivity contribution in [3.63, 3.8) is 0 Å². The fourth-order valence-electron chi connectivity index (χ4n) is 2.05. The number of unbranched alkanes of at least 4 members (excludes halogenated alkanes) is 1. The summed E-state index contributed by atoms with van der Waals surface area (Å²) in [6.07, 6.45) is 10.9. The van der Waals surface area contributed by atoms with Crippen LogP contribution in [0.25, 0.3) is 0 Å². The molecular formula is C13H23N3OS2. The quantitative estimate of drug-likeness (QED) is 0.592. The van der Waals surface area contributed by atoms with Crippen molar-refractivity contribution >= 4 is 27.5 Å². The van der Waals surface area contributed by atoms with E-state index in [-0.39, 0.29) is 7.33 Å². The molecule has 2 heterocycles. The third-order valence-corrected chi connectivity index (χ3v) is 6.17. The summed E-state index contributed by atoms with van der Waals surface area (Å²) in [5.41, 5.74) is 0. The van der Waals surface area contributed by atoms with Crippen LogP contribution in [0.3, 0.4) is 0 Å². The second kappa shape index (κ2) is 8.53. The fraction of sp³-hybridized carbons (Fsp3) is 0.692. The number of carbonyl (C=O) groups excluding carboxylic acids is 1. The van der Waals surface area contributed by atoms with Crippen molar-refractivity contribution in [1.29, 1.82) is 0 Å². The molecule has 1 aliphatic rings. The van der Waals surface area contributed by atoms with Gasteiger partial charge in [-0.2, -0.15) is 0 Å². The zero-order valence-electron chi connectivity index (χ0n) is 11.1. The van der Waals surface area contributed by atoms with E-state index in [2.05, 4.69) is 10.3 Å².